The van der Waals surface area contributed by atoms with Crippen molar-refractivity contribution < 1.29 is 9.90 Å². The van der Waals surface area contributed by atoms with Gasteiger partial charge in [0.05, 0.1) is 0 Å². The highest BCUT2D eigenvalue weighted by atomic mass is 16.4. The zero-order valence-electron chi connectivity index (χ0n) is 8.29. The van der Waals surface area contributed by atoms with E-state index in [1.54, 1.807) is 0 Å². The molecule has 0 bridgehead atoms. The molecule has 0 aromatic carbocycles. The Kier molecular flexibility index (Phi) is 2.81. The number of likely N-dealkylation sites (tertiary alicyclic amines) is 1. The van der Waals surface area contributed by atoms with E-state index in [1.807, 2.05) is 0 Å². The highest BCUT2D eigenvalue weighted by Crippen LogP contribution is 2.31. The molecule has 1 amide bonds. The van der Waals surface area contributed by atoms with Gasteiger partial charge in [-0.2, -0.15) is 0 Å². The molecule has 0 spiro atoms. The van der Waals surface area contributed by atoms with E-state index in [2.05, 4.69) is 13.8 Å². The lowest BCUT2D eigenvalue weighted by Gasteiger charge is -2.41. The lowest BCUT2D eigenvalue weighted by Crippen LogP contribution is -2.52. The Bertz CT molecular complexity index is 204. The quantitative estimate of drug-likeness (QED) is 0.644. The Morgan fingerprint density at radius 3 is 2.77 bits per heavy atom. The Morgan fingerprint density at radius 2 is 2.31 bits per heavy atom. The third-order valence-electron chi connectivity index (χ3n) is 2.71. The van der Waals surface area contributed by atoms with Crippen molar-refractivity contribution in [3.63, 3.8) is 0 Å². The highest BCUT2D eigenvalue weighted by Gasteiger charge is 2.34. The first-order valence-electron chi connectivity index (χ1n) is 4.66. The van der Waals surface area contributed by atoms with E-state index < -0.39 is 6.09 Å². The van der Waals surface area contributed by atoms with Gasteiger partial charge in [0.1, 0.15) is 0 Å². The van der Waals surface area contributed by atoms with Crippen molar-refractivity contribution in [3.05, 3.63) is 0 Å². The lowest BCUT2D eigenvalue weighted by molar-refractivity contribution is 0.0617. The van der Waals surface area contributed by atoms with Crippen LogP contribution in [-0.4, -0.2) is 35.2 Å². The van der Waals surface area contributed by atoms with Crippen LogP contribution in [0.25, 0.3) is 0 Å². The van der Waals surface area contributed by atoms with Crippen LogP contribution in [0, 0.1) is 5.41 Å². The molecule has 4 heteroatoms. The van der Waals surface area contributed by atoms with Gasteiger partial charge in [-0.15, -0.1) is 0 Å². The van der Waals surface area contributed by atoms with Gasteiger partial charge in [-0.05, 0) is 18.3 Å². The Labute approximate surface area is 78.7 Å². The Balaban J connectivity index is 2.69. The molecule has 1 fully saturated rings. The van der Waals surface area contributed by atoms with Gasteiger partial charge in [-0.1, -0.05) is 13.8 Å². The fourth-order valence-electron chi connectivity index (χ4n) is 1.85. The maximum atomic E-state index is 10.9. The van der Waals surface area contributed by atoms with Crippen molar-refractivity contribution in [1.29, 1.82) is 0 Å². The number of hydrogen-bond donors (Lipinski definition) is 2. The van der Waals surface area contributed by atoms with E-state index in [1.165, 1.54) is 4.90 Å². The molecule has 1 saturated heterocycles. The van der Waals surface area contributed by atoms with Crippen molar-refractivity contribution in [2.45, 2.75) is 32.7 Å². The van der Waals surface area contributed by atoms with Gasteiger partial charge in [-0.25, -0.2) is 4.79 Å². The summed E-state index contributed by atoms with van der Waals surface area (Å²) in [6.45, 7) is 5.22. The summed E-state index contributed by atoms with van der Waals surface area (Å²) < 4.78 is 0. The van der Waals surface area contributed by atoms with E-state index >= 15 is 0 Å². The molecule has 0 aromatic heterocycles. The van der Waals surface area contributed by atoms with Crippen LogP contribution in [0.3, 0.4) is 0 Å². The standard InChI is InChI=1S/C9H18N2O2/c1-9(2)4-3-7(5-10)11(6-9)8(12)13/h7H,3-6,10H2,1-2H3,(H,12,13)/t7-/m0/s1. The van der Waals surface area contributed by atoms with Crippen LogP contribution in [0.1, 0.15) is 26.7 Å². The molecular formula is C9H18N2O2. The van der Waals surface area contributed by atoms with Gasteiger partial charge in [0.2, 0.25) is 0 Å². The fraction of sp³-hybridized carbons (Fsp3) is 0.889. The molecule has 1 aliphatic rings. The second kappa shape index (κ2) is 3.54. The molecule has 4 nitrogen and oxygen atoms in total. The normalized spacial score (nSPS) is 27.3. The minimum absolute atomic E-state index is 0.0190. The topological polar surface area (TPSA) is 66.6 Å². The number of amides is 1. The molecule has 76 valence electrons. The lowest BCUT2D eigenvalue weighted by atomic mass is 9.81. The van der Waals surface area contributed by atoms with Crippen molar-refractivity contribution in [1.82, 2.24) is 4.90 Å². The van der Waals surface area contributed by atoms with Crippen molar-refractivity contribution >= 4 is 6.09 Å². The van der Waals surface area contributed by atoms with E-state index in [-0.39, 0.29) is 11.5 Å². The summed E-state index contributed by atoms with van der Waals surface area (Å²) in [4.78, 5) is 12.4. The zero-order valence-corrected chi connectivity index (χ0v) is 8.29. The molecule has 0 radical (unpaired) electrons. The summed E-state index contributed by atoms with van der Waals surface area (Å²) in [5, 5.41) is 8.94. The van der Waals surface area contributed by atoms with Crippen LogP contribution in [-0.2, 0) is 0 Å². The van der Waals surface area contributed by atoms with Gasteiger partial charge < -0.3 is 15.7 Å². The van der Waals surface area contributed by atoms with Crippen LogP contribution in [0.5, 0.6) is 0 Å². The summed E-state index contributed by atoms with van der Waals surface area (Å²) in [6, 6.07) is 0.0190. The van der Waals surface area contributed by atoms with Crippen LogP contribution < -0.4 is 5.73 Å². The van der Waals surface area contributed by atoms with Gasteiger partial charge in [0, 0.05) is 19.1 Å². The molecule has 0 aliphatic carbocycles. The van der Waals surface area contributed by atoms with Crippen molar-refractivity contribution in [2.75, 3.05) is 13.1 Å². The summed E-state index contributed by atoms with van der Waals surface area (Å²) in [6.07, 6.45) is 1.09. The smallest absolute Gasteiger partial charge is 0.407 e. The molecule has 1 heterocycles. The van der Waals surface area contributed by atoms with Crippen LogP contribution >= 0.6 is 0 Å². The number of piperidine rings is 1. The van der Waals surface area contributed by atoms with Crippen LogP contribution in [0.2, 0.25) is 0 Å². The van der Waals surface area contributed by atoms with Gasteiger partial charge >= 0.3 is 6.09 Å². The molecular weight excluding hydrogens is 168 g/mol. The van der Waals surface area contributed by atoms with Crippen LogP contribution in [0.15, 0.2) is 0 Å². The molecule has 3 N–H and O–H groups in total. The number of carboxylic acid groups (broad SMARTS) is 1. The van der Waals surface area contributed by atoms with E-state index in [0.29, 0.717) is 13.1 Å². The number of rotatable bonds is 1. The monoisotopic (exact) mass is 186 g/mol. The first-order chi connectivity index (χ1) is 5.96. The average Bonchev–Trinajstić information content (AvgIpc) is 2.03. The summed E-state index contributed by atoms with van der Waals surface area (Å²) in [5.74, 6) is 0. The molecule has 1 atom stereocenters. The van der Waals surface area contributed by atoms with Gasteiger partial charge in [0.15, 0.2) is 0 Å². The average molecular weight is 186 g/mol. The van der Waals surface area contributed by atoms with Crippen molar-refractivity contribution in [3.8, 4) is 0 Å². The second-order valence-corrected chi connectivity index (χ2v) is 4.50. The third kappa shape index (κ3) is 2.34. The molecule has 13 heavy (non-hydrogen) atoms. The highest BCUT2D eigenvalue weighted by molar-refractivity contribution is 5.65. The number of carbonyl (C=O) groups is 1. The molecule has 1 rings (SSSR count). The van der Waals surface area contributed by atoms with Gasteiger partial charge in [-0.3, -0.25) is 0 Å². The maximum absolute atomic E-state index is 10.9. The second-order valence-electron chi connectivity index (χ2n) is 4.50. The van der Waals surface area contributed by atoms with Crippen molar-refractivity contribution in [2.24, 2.45) is 11.1 Å². The molecule has 0 unspecified atom stereocenters. The number of hydrogen-bond acceptors (Lipinski definition) is 2. The molecule has 1 aliphatic heterocycles. The predicted octanol–water partition coefficient (Wildman–Crippen LogP) is 1.11. The van der Waals surface area contributed by atoms with E-state index in [4.69, 9.17) is 10.8 Å². The Hall–Kier alpha value is -0.770. The van der Waals surface area contributed by atoms with E-state index in [0.717, 1.165) is 12.8 Å². The van der Waals surface area contributed by atoms with Gasteiger partial charge in [0.25, 0.3) is 0 Å². The molecule has 0 aromatic rings. The maximum Gasteiger partial charge on any atom is 0.407 e. The zero-order chi connectivity index (χ0) is 10.1. The van der Waals surface area contributed by atoms with Crippen LogP contribution in [0.4, 0.5) is 4.79 Å². The largest absolute Gasteiger partial charge is 0.465 e. The minimum atomic E-state index is -0.844. The van der Waals surface area contributed by atoms with E-state index in [9.17, 15) is 4.79 Å². The summed E-state index contributed by atoms with van der Waals surface area (Å²) >= 11 is 0. The number of nitrogens with zero attached hydrogens (tertiary/aromatic N) is 1. The minimum Gasteiger partial charge on any atom is -0.465 e. The Morgan fingerprint density at radius 1 is 1.69 bits per heavy atom. The predicted molar refractivity (Wildman–Crippen MR) is 50.6 cm³/mol. The first kappa shape index (κ1) is 10.3. The fourth-order valence-corrected chi connectivity index (χ4v) is 1.85. The SMILES string of the molecule is CC1(C)CC[C@@H](CN)N(C(=O)O)C1. The summed E-state index contributed by atoms with van der Waals surface area (Å²) in [7, 11) is 0. The first-order valence-corrected chi connectivity index (χ1v) is 4.66. The number of nitrogens with two attached hydrogens (primary N) is 1. The summed E-state index contributed by atoms with van der Waals surface area (Å²) in [5.41, 5.74) is 5.62. The molecule has 0 saturated carbocycles. The third-order valence-corrected chi connectivity index (χ3v) is 2.71.